The fourth-order valence-corrected chi connectivity index (χ4v) is 2.53. The molecule has 0 saturated heterocycles. The predicted octanol–water partition coefficient (Wildman–Crippen LogP) is 5.28. The lowest BCUT2D eigenvalue weighted by Crippen LogP contribution is -2.39. The molecule has 0 radical (unpaired) electrons. The van der Waals surface area contributed by atoms with Crippen LogP contribution in [0.25, 0.3) is 0 Å². The third-order valence-electron chi connectivity index (χ3n) is 3.74. The van der Waals surface area contributed by atoms with Crippen molar-refractivity contribution in [1.29, 1.82) is 0 Å². The minimum atomic E-state index is -1.50. The minimum absolute atomic E-state index is 0.431. The summed E-state index contributed by atoms with van der Waals surface area (Å²) >= 11 is 0. The highest BCUT2D eigenvalue weighted by atomic mass is 16.8. The summed E-state index contributed by atoms with van der Waals surface area (Å²) < 4.78 is 11.1. The lowest BCUT2D eigenvalue weighted by molar-refractivity contribution is -0.321. The molecule has 126 valence electrons. The van der Waals surface area contributed by atoms with Gasteiger partial charge in [-0.3, -0.25) is 0 Å². The molecule has 1 unspecified atom stereocenters. The Labute approximate surface area is 135 Å². The number of ether oxygens (including phenoxy) is 2. The van der Waals surface area contributed by atoms with Crippen molar-refractivity contribution in [3.63, 3.8) is 0 Å². The van der Waals surface area contributed by atoms with E-state index >= 15 is 0 Å². The first-order valence-electron chi connectivity index (χ1n) is 8.80. The Morgan fingerprint density at radius 1 is 0.864 bits per heavy atom. The van der Waals surface area contributed by atoms with E-state index in [2.05, 4.69) is 6.92 Å². The first kappa shape index (κ1) is 19.0. The fourth-order valence-electron chi connectivity index (χ4n) is 2.53. The maximum absolute atomic E-state index is 10.5. The van der Waals surface area contributed by atoms with Crippen LogP contribution in [0.5, 0.6) is 5.75 Å². The highest BCUT2D eigenvalue weighted by molar-refractivity contribution is 5.21. The summed E-state index contributed by atoms with van der Waals surface area (Å²) in [5, 5.41) is 10.5. The second kappa shape index (κ2) is 11.5. The summed E-state index contributed by atoms with van der Waals surface area (Å²) in [5.74, 6) is -0.865. The van der Waals surface area contributed by atoms with Crippen molar-refractivity contribution in [3.05, 3.63) is 30.3 Å². The molecule has 3 nitrogen and oxygen atoms in total. The molecule has 0 saturated carbocycles. The van der Waals surface area contributed by atoms with Gasteiger partial charge in [0, 0.05) is 6.42 Å². The molecule has 0 heterocycles. The number of unbranched alkanes of at least 4 members (excludes halogenated alkanes) is 7. The molecule has 0 aliphatic heterocycles. The molecule has 0 aliphatic rings. The Morgan fingerprint density at radius 2 is 1.45 bits per heavy atom. The van der Waals surface area contributed by atoms with E-state index in [0.717, 1.165) is 12.8 Å². The van der Waals surface area contributed by atoms with E-state index in [0.29, 0.717) is 18.8 Å². The van der Waals surface area contributed by atoms with Gasteiger partial charge in [0.2, 0.25) is 0 Å². The third kappa shape index (κ3) is 8.40. The van der Waals surface area contributed by atoms with Gasteiger partial charge in [-0.15, -0.1) is 0 Å². The summed E-state index contributed by atoms with van der Waals surface area (Å²) in [4.78, 5) is 0. The van der Waals surface area contributed by atoms with Gasteiger partial charge in [-0.25, -0.2) is 0 Å². The van der Waals surface area contributed by atoms with Crippen LogP contribution in [0.1, 0.15) is 71.6 Å². The van der Waals surface area contributed by atoms with Crippen LogP contribution in [0.2, 0.25) is 0 Å². The standard InChI is InChI=1S/C19H32O3/c1-3-5-6-7-8-9-10-14-17-19(20,21-4-2)22-18-15-12-11-13-16-18/h11-13,15-16,20H,3-10,14,17H2,1-2H3. The highest BCUT2D eigenvalue weighted by Crippen LogP contribution is 2.23. The molecule has 1 N–H and O–H groups in total. The molecule has 0 fully saturated rings. The number of rotatable bonds is 13. The molecular formula is C19H32O3. The van der Waals surface area contributed by atoms with E-state index in [9.17, 15) is 5.11 Å². The van der Waals surface area contributed by atoms with Gasteiger partial charge >= 0.3 is 5.97 Å². The molecule has 0 aromatic heterocycles. The molecule has 1 rings (SSSR count). The Morgan fingerprint density at radius 3 is 2.05 bits per heavy atom. The van der Waals surface area contributed by atoms with Gasteiger partial charge in [0.05, 0.1) is 6.61 Å². The van der Waals surface area contributed by atoms with E-state index in [1.165, 1.54) is 38.5 Å². The first-order chi connectivity index (χ1) is 10.7. The summed E-state index contributed by atoms with van der Waals surface area (Å²) in [5.41, 5.74) is 0. The van der Waals surface area contributed by atoms with Gasteiger partial charge in [0.25, 0.3) is 0 Å². The number of aliphatic hydroxyl groups is 1. The maximum Gasteiger partial charge on any atom is 0.324 e. The SMILES string of the molecule is CCCCCCCCCCC(O)(OCC)Oc1ccccc1. The van der Waals surface area contributed by atoms with Crippen molar-refractivity contribution in [1.82, 2.24) is 0 Å². The normalized spacial score (nSPS) is 13.8. The van der Waals surface area contributed by atoms with Gasteiger partial charge in [-0.1, -0.05) is 70.1 Å². The molecular weight excluding hydrogens is 276 g/mol. The van der Waals surface area contributed by atoms with Gasteiger partial charge in [0.15, 0.2) is 0 Å². The van der Waals surface area contributed by atoms with Crippen LogP contribution < -0.4 is 4.74 Å². The first-order valence-corrected chi connectivity index (χ1v) is 8.80. The average molecular weight is 308 g/mol. The second-order valence-electron chi connectivity index (χ2n) is 5.79. The zero-order valence-electron chi connectivity index (χ0n) is 14.2. The summed E-state index contributed by atoms with van der Waals surface area (Å²) in [6, 6.07) is 9.36. The highest BCUT2D eigenvalue weighted by Gasteiger charge is 2.29. The van der Waals surface area contributed by atoms with Gasteiger partial charge in [-0.2, -0.15) is 0 Å². The van der Waals surface area contributed by atoms with Gasteiger partial charge in [0.1, 0.15) is 5.75 Å². The van der Waals surface area contributed by atoms with Crippen LogP contribution in [0, 0.1) is 0 Å². The third-order valence-corrected chi connectivity index (χ3v) is 3.74. The molecule has 3 heteroatoms. The largest absolute Gasteiger partial charge is 0.439 e. The van der Waals surface area contributed by atoms with Gasteiger partial charge in [-0.05, 0) is 25.5 Å². The lowest BCUT2D eigenvalue weighted by atomic mass is 10.1. The quantitative estimate of drug-likeness (QED) is 0.398. The Balaban J connectivity index is 2.25. The van der Waals surface area contributed by atoms with E-state index in [4.69, 9.17) is 9.47 Å². The monoisotopic (exact) mass is 308 g/mol. The number of hydrogen-bond acceptors (Lipinski definition) is 3. The van der Waals surface area contributed by atoms with E-state index in [1.807, 2.05) is 37.3 Å². The van der Waals surface area contributed by atoms with Crippen molar-refractivity contribution in [3.8, 4) is 5.75 Å². The lowest BCUT2D eigenvalue weighted by Gasteiger charge is -2.28. The minimum Gasteiger partial charge on any atom is -0.439 e. The van der Waals surface area contributed by atoms with Crippen molar-refractivity contribution >= 4 is 0 Å². The van der Waals surface area contributed by atoms with Crippen molar-refractivity contribution in [2.24, 2.45) is 0 Å². The molecule has 1 aromatic carbocycles. The molecule has 0 aliphatic carbocycles. The molecule has 1 aromatic rings. The zero-order valence-corrected chi connectivity index (χ0v) is 14.2. The van der Waals surface area contributed by atoms with E-state index in [1.54, 1.807) is 0 Å². The van der Waals surface area contributed by atoms with Crippen LogP contribution >= 0.6 is 0 Å². The number of para-hydroxylation sites is 1. The predicted molar refractivity (Wildman–Crippen MR) is 90.9 cm³/mol. The molecule has 1 atom stereocenters. The van der Waals surface area contributed by atoms with E-state index < -0.39 is 5.97 Å². The average Bonchev–Trinajstić information content (AvgIpc) is 2.51. The smallest absolute Gasteiger partial charge is 0.324 e. The molecule has 0 amide bonds. The molecule has 22 heavy (non-hydrogen) atoms. The van der Waals surface area contributed by atoms with Crippen LogP contribution in [-0.4, -0.2) is 17.7 Å². The Bertz CT molecular complexity index is 366. The van der Waals surface area contributed by atoms with Crippen LogP contribution in [0.15, 0.2) is 30.3 Å². The summed E-state index contributed by atoms with van der Waals surface area (Å²) in [6.45, 7) is 4.54. The molecule has 0 bridgehead atoms. The van der Waals surface area contributed by atoms with Crippen LogP contribution in [0.3, 0.4) is 0 Å². The zero-order chi connectivity index (χ0) is 16.1. The number of hydrogen-bond donors (Lipinski definition) is 1. The second-order valence-corrected chi connectivity index (χ2v) is 5.79. The van der Waals surface area contributed by atoms with Crippen molar-refractivity contribution in [2.75, 3.05) is 6.61 Å². The maximum atomic E-state index is 10.5. The summed E-state index contributed by atoms with van der Waals surface area (Å²) in [7, 11) is 0. The van der Waals surface area contributed by atoms with Crippen LogP contribution in [0.4, 0.5) is 0 Å². The van der Waals surface area contributed by atoms with Crippen molar-refractivity contribution in [2.45, 2.75) is 77.6 Å². The van der Waals surface area contributed by atoms with E-state index in [-0.39, 0.29) is 0 Å². The van der Waals surface area contributed by atoms with Crippen LogP contribution in [-0.2, 0) is 4.74 Å². The fraction of sp³-hybridized carbons (Fsp3) is 0.684. The van der Waals surface area contributed by atoms with Gasteiger partial charge < -0.3 is 14.6 Å². The summed E-state index contributed by atoms with van der Waals surface area (Å²) in [6.07, 6.45) is 10.3. The van der Waals surface area contributed by atoms with Crippen molar-refractivity contribution < 1.29 is 14.6 Å². The topological polar surface area (TPSA) is 38.7 Å². The molecule has 0 spiro atoms. The number of benzene rings is 1. The Hall–Kier alpha value is -1.06. The Kier molecular flexibility index (Phi) is 9.93.